The SMILES string of the molecule is Cc1cc(=O)oc(C)c1C(=O)OCC(=O)c1cc(C)n(Cc2cccs2)c1C. The van der Waals surface area contributed by atoms with Gasteiger partial charge in [-0.1, -0.05) is 6.07 Å². The van der Waals surface area contributed by atoms with Crippen LogP contribution in [0.5, 0.6) is 0 Å². The van der Waals surface area contributed by atoms with Crippen LogP contribution in [-0.2, 0) is 11.3 Å². The molecular weight excluding hydrogens is 378 g/mol. The van der Waals surface area contributed by atoms with Crippen LogP contribution in [0, 0.1) is 27.7 Å². The summed E-state index contributed by atoms with van der Waals surface area (Å²) in [4.78, 5) is 37.5. The Kier molecular flexibility index (Phi) is 5.65. The van der Waals surface area contributed by atoms with Gasteiger partial charge in [0, 0.05) is 27.9 Å². The molecule has 0 saturated carbocycles. The minimum Gasteiger partial charge on any atom is -0.454 e. The van der Waals surface area contributed by atoms with Gasteiger partial charge in [0.15, 0.2) is 6.61 Å². The monoisotopic (exact) mass is 399 g/mol. The van der Waals surface area contributed by atoms with Crippen molar-refractivity contribution in [1.29, 1.82) is 0 Å². The fraction of sp³-hybridized carbons (Fsp3) is 0.286. The molecule has 0 fully saturated rings. The number of ketones is 1. The van der Waals surface area contributed by atoms with E-state index in [0.717, 1.165) is 11.4 Å². The van der Waals surface area contributed by atoms with E-state index in [1.165, 1.54) is 17.9 Å². The van der Waals surface area contributed by atoms with E-state index >= 15 is 0 Å². The highest BCUT2D eigenvalue weighted by atomic mass is 32.1. The lowest BCUT2D eigenvalue weighted by Gasteiger charge is -2.09. The van der Waals surface area contributed by atoms with Gasteiger partial charge in [-0.3, -0.25) is 4.79 Å². The number of Topliss-reactive ketones (excluding diaryl/α,β-unsaturated/α-hetero) is 1. The molecule has 7 heteroatoms. The van der Waals surface area contributed by atoms with Gasteiger partial charge in [-0.2, -0.15) is 0 Å². The molecule has 3 aromatic heterocycles. The standard InChI is InChI=1S/C21H21NO5S/c1-12-8-19(24)27-15(4)20(12)21(25)26-11-18(23)17-9-13(2)22(14(17)3)10-16-6-5-7-28-16/h5-9H,10-11H2,1-4H3. The predicted octanol–water partition coefficient (Wildman–Crippen LogP) is 3.82. The van der Waals surface area contributed by atoms with Crippen LogP contribution in [-0.4, -0.2) is 22.9 Å². The Labute approximate surface area is 166 Å². The van der Waals surface area contributed by atoms with Crippen molar-refractivity contribution in [3.63, 3.8) is 0 Å². The lowest BCUT2D eigenvalue weighted by atomic mass is 10.1. The van der Waals surface area contributed by atoms with Gasteiger partial charge in [0.25, 0.3) is 0 Å². The van der Waals surface area contributed by atoms with Crippen molar-refractivity contribution in [2.75, 3.05) is 6.61 Å². The summed E-state index contributed by atoms with van der Waals surface area (Å²) in [6, 6.07) is 7.09. The summed E-state index contributed by atoms with van der Waals surface area (Å²) in [5.41, 5.74) is 2.45. The van der Waals surface area contributed by atoms with Crippen molar-refractivity contribution in [3.05, 3.63) is 78.8 Å². The lowest BCUT2D eigenvalue weighted by molar-refractivity contribution is 0.0469. The third-order valence-corrected chi connectivity index (χ3v) is 5.50. The Bertz CT molecular complexity index is 1060. The number of rotatable bonds is 6. The fourth-order valence-corrected chi connectivity index (χ4v) is 3.92. The van der Waals surface area contributed by atoms with Crippen molar-refractivity contribution in [2.24, 2.45) is 0 Å². The first-order chi connectivity index (χ1) is 13.3. The topological polar surface area (TPSA) is 78.5 Å². The van der Waals surface area contributed by atoms with E-state index in [0.29, 0.717) is 17.7 Å². The minimum absolute atomic E-state index is 0.176. The zero-order valence-electron chi connectivity index (χ0n) is 16.2. The second-order valence-corrected chi connectivity index (χ2v) is 7.66. The second kappa shape index (κ2) is 7.98. The van der Waals surface area contributed by atoms with E-state index in [2.05, 4.69) is 10.6 Å². The van der Waals surface area contributed by atoms with Gasteiger partial charge in [-0.15, -0.1) is 11.3 Å². The quantitative estimate of drug-likeness (QED) is 0.465. The largest absolute Gasteiger partial charge is 0.454 e. The van der Waals surface area contributed by atoms with Gasteiger partial charge in [0.05, 0.1) is 6.54 Å². The normalized spacial score (nSPS) is 10.9. The summed E-state index contributed by atoms with van der Waals surface area (Å²) < 4.78 is 12.2. The molecule has 3 aromatic rings. The molecule has 3 rings (SSSR count). The fourth-order valence-electron chi connectivity index (χ4n) is 3.23. The first kappa shape index (κ1) is 19.8. The molecule has 6 nitrogen and oxygen atoms in total. The Hall–Kier alpha value is -2.93. The number of aryl methyl sites for hydroxylation is 3. The molecule has 0 spiro atoms. The van der Waals surface area contributed by atoms with Crippen LogP contribution < -0.4 is 5.63 Å². The molecule has 0 amide bonds. The highest BCUT2D eigenvalue weighted by Gasteiger charge is 2.21. The van der Waals surface area contributed by atoms with Gasteiger partial charge in [0.2, 0.25) is 5.78 Å². The van der Waals surface area contributed by atoms with Gasteiger partial charge >= 0.3 is 11.6 Å². The molecule has 0 bridgehead atoms. The van der Waals surface area contributed by atoms with E-state index in [9.17, 15) is 14.4 Å². The van der Waals surface area contributed by atoms with Crippen molar-refractivity contribution >= 4 is 23.1 Å². The third kappa shape index (κ3) is 3.99. The van der Waals surface area contributed by atoms with Gasteiger partial charge in [0.1, 0.15) is 11.3 Å². The summed E-state index contributed by atoms with van der Waals surface area (Å²) in [7, 11) is 0. The van der Waals surface area contributed by atoms with Gasteiger partial charge in [-0.25, -0.2) is 9.59 Å². The highest BCUT2D eigenvalue weighted by Crippen LogP contribution is 2.20. The predicted molar refractivity (Wildman–Crippen MR) is 106 cm³/mol. The number of ether oxygens (including phenoxy) is 1. The molecule has 146 valence electrons. The molecule has 0 aliphatic rings. The number of hydrogen-bond donors (Lipinski definition) is 0. The Morgan fingerprint density at radius 1 is 1.18 bits per heavy atom. The zero-order chi connectivity index (χ0) is 20.4. The molecule has 3 heterocycles. The first-order valence-corrected chi connectivity index (χ1v) is 9.66. The van der Waals surface area contributed by atoms with Crippen LogP contribution in [0.3, 0.4) is 0 Å². The smallest absolute Gasteiger partial charge is 0.342 e. The first-order valence-electron chi connectivity index (χ1n) is 8.78. The van der Waals surface area contributed by atoms with E-state index in [-0.39, 0.29) is 23.7 Å². The van der Waals surface area contributed by atoms with Crippen molar-refractivity contribution in [2.45, 2.75) is 34.2 Å². The van der Waals surface area contributed by atoms with Gasteiger partial charge < -0.3 is 13.7 Å². The molecule has 0 saturated heterocycles. The number of carbonyl (C=O) groups excluding carboxylic acids is 2. The molecule has 28 heavy (non-hydrogen) atoms. The Morgan fingerprint density at radius 2 is 1.93 bits per heavy atom. The molecule has 0 atom stereocenters. The van der Waals surface area contributed by atoms with Gasteiger partial charge in [-0.05, 0) is 50.8 Å². The number of esters is 1. The Morgan fingerprint density at radius 3 is 2.57 bits per heavy atom. The summed E-state index contributed by atoms with van der Waals surface area (Å²) in [6.07, 6.45) is 0. The van der Waals surface area contributed by atoms with Crippen LogP contribution >= 0.6 is 11.3 Å². The van der Waals surface area contributed by atoms with Crippen LogP contribution in [0.25, 0.3) is 0 Å². The summed E-state index contributed by atoms with van der Waals surface area (Å²) >= 11 is 1.66. The van der Waals surface area contributed by atoms with E-state index < -0.39 is 11.6 Å². The molecule has 0 aliphatic heterocycles. The summed E-state index contributed by atoms with van der Waals surface area (Å²) in [6.45, 7) is 7.30. The average molecular weight is 399 g/mol. The maximum Gasteiger partial charge on any atom is 0.342 e. The summed E-state index contributed by atoms with van der Waals surface area (Å²) in [5, 5.41) is 2.02. The molecule has 0 radical (unpaired) electrons. The van der Waals surface area contributed by atoms with E-state index in [1.807, 2.05) is 31.4 Å². The van der Waals surface area contributed by atoms with E-state index in [4.69, 9.17) is 9.15 Å². The van der Waals surface area contributed by atoms with Crippen LogP contribution in [0.1, 0.15) is 48.3 Å². The third-order valence-electron chi connectivity index (χ3n) is 4.64. The van der Waals surface area contributed by atoms with Crippen LogP contribution in [0.15, 0.2) is 38.9 Å². The molecular formula is C21H21NO5S. The number of nitrogens with zero attached hydrogens (tertiary/aromatic N) is 1. The number of hydrogen-bond acceptors (Lipinski definition) is 6. The molecule has 0 N–H and O–H groups in total. The molecule has 0 aliphatic carbocycles. The molecule has 0 aromatic carbocycles. The second-order valence-electron chi connectivity index (χ2n) is 6.63. The number of carbonyl (C=O) groups is 2. The van der Waals surface area contributed by atoms with Crippen molar-refractivity contribution in [1.82, 2.24) is 4.57 Å². The number of aromatic nitrogens is 1. The number of thiophene rings is 1. The lowest BCUT2D eigenvalue weighted by Crippen LogP contribution is -2.18. The van der Waals surface area contributed by atoms with E-state index in [1.54, 1.807) is 18.3 Å². The minimum atomic E-state index is -0.681. The maximum atomic E-state index is 12.6. The Balaban J connectivity index is 1.74. The zero-order valence-corrected chi connectivity index (χ0v) is 17.0. The maximum absolute atomic E-state index is 12.6. The van der Waals surface area contributed by atoms with Crippen LogP contribution in [0.4, 0.5) is 0 Å². The van der Waals surface area contributed by atoms with Crippen molar-refractivity contribution in [3.8, 4) is 0 Å². The summed E-state index contributed by atoms with van der Waals surface area (Å²) in [5.74, 6) is -0.775. The molecule has 0 unspecified atom stereocenters. The highest BCUT2D eigenvalue weighted by molar-refractivity contribution is 7.09. The van der Waals surface area contributed by atoms with Crippen LogP contribution in [0.2, 0.25) is 0 Å². The van der Waals surface area contributed by atoms with Crippen molar-refractivity contribution < 1.29 is 18.7 Å². The average Bonchev–Trinajstić information content (AvgIpc) is 3.22.